The number of hydrogen-bond acceptors (Lipinski definition) is 4. The van der Waals surface area contributed by atoms with Crippen LogP contribution in [0.4, 0.5) is 51.2 Å². The van der Waals surface area contributed by atoms with Crippen molar-refractivity contribution in [1.82, 2.24) is 0 Å². The second-order valence-electron chi connectivity index (χ2n) is 18.0. The molecule has 0 aromatic heterocycles. The number of benzene rings is 9. The van der Waals surface area contributed by atoms with Crippen LogP contribution in [0.1, 0.15) is 58.4 Å². The highest BCUT2D eigenvalue weighted by molar-refractivity contribution is 5.82. The van der Waals surface area contributed by atoms with Gasteiger partial charge in [0.15, 0.2) is 0 Å². The first-order valence-corrected chi connectivity index (χ1v) is 23.8. The van der Waals surface area contributed by atoms with Crippen LogP contribution in [0.5, 0.6) is 5.75 Å². The molecular weight excluding hydrogens is 839 g/mol. The predicted molar refractivity (Wildman–Crippen MR) is 296 cm³/mol. The molecule has 69 heavy (non-hydrogen) atoms. The van der Waals surface area contributed by atoms with Crippen molar-refractivity contribution >= 4 is 75.5 Å². The van der Waals surface area contributed by atoms with Gasteiger partial charge in [-0.05, 0) is 185 Å². The Bertz CT molecular complexity index is 2830. The van der Waals surface area contributed by atoms with E-state index in [0.29, 0.717) is 0 Å². The molecule has 4 nitrogen and oxygen atoms in total. The Balaban J connectivity index is 0.924. The van der Waals surface area contributed by atoms with E-state index >= 15 is 0 Å². The molecule has 9 rings (SSSR count). The van der Waals surface area contributed by atoms with E-state index in [0.717, 1.165) is 79.2 Å². The maximum absolute atomic E-state index is 6.01. The van der Waals surface area contributed by atoms with Crippen LogP contribution in [-0.4, -0.2) is 6.10 Å². The third kappa shape index (κ3) is 11.4. The van der Waals surface area contributed by atoms with Gasteiger partial charge in [0, 0.05) is 51.2 Å². The first-order chi connectivity index (χ1) is 33.6. The van der Waals surface area contributed by atoms with Gasteiger partial charge in [0.1, 0.15) is 5.75 Å². The maximum atomic E-state index is 6.01. The van der Waals surface area contributed by atoms with Gasteiger partial charge in [-0.25, -0.2) is 0 Å². The molecule has 9 aromatic carbocycles. The Labute approximate surface area is 409 Å². The molecule has 0 unspecified atom stereocenters. The number of rotatable bonds is 15. The fourth-order valence-electron chi connectivity index (χ4n) is 8.39. The number of nitrogens with zero attached hydrogens (tertiary/aromatic N) is 3. The van der Waals surface area contributed by atoms with Crippen molar-refractivity contribution in [3.63, 3.8) is 0 Å². The van der Waals surface area contributed by atoms with Crippen molar-refractivity contribution in [3.05, 3.63) is 263 Å². The number of aryl methyl sites for hydroxylation is 4. The van der Waals surface area contributed by atoms with E-state index in [1.54, 1.807) is 0 Å². The Morgan fingerprint density at radius 3 is 0.623 bits per heavy atom. The summed E-state index contributed by atoms with van der Waals surface area (Å²) >= 11 is 0. The molecule has 9 aromatic rings. The summed E-state index contributed by atoms with van der Waals surface area (Å²) in [7, 11) is 0. The van der Waals surface area contributed by atoms with Crippen molar-refractivity contribution in [2.75, 3.05) is 14.7 Å². The Morgan fingerprint density at radius 2 is 0.435 bits per heavy atom. The van der Waals surface area contributed by atoms with E-state index in [9.17, 15) is 0 Å². The summed E-state index contributed by atoms with van der Waals surface area (Å²) in [6, 6.07) is 78.2. The molecule has 0 bridgehead atoms. The fraction of sp³-hybridized carbons (Fsp3) is 0.108. The highest BCUT2D eigenvalue weighted by atomic mass is 16.5. The van der Waals surface area contributed by atoms with Crippen molar-refractivity contribution < 1.29 is 4.74 Å². The number of anilines is 9. The Hall–Kier alpha value is -8.34. The molecule has 0 saturated carbocycles. The molecule has 0 aliphatic heterocycles. The largest absolute Gasteiger partial charge is 0.491 e. The van der Waals surface area contributed by atoms with Gasteiger partial charge >= 0.3 is 0 Å². The summed E-state index contributed by atoms with van der Waals surface area (Å²) in [5.41, 5.74) is 19.4. The quantitative estimate of drug-likeness (QED) is 0.0954. The average Bonchev–Trinajstić information content (AvgIpc) is 3.37. The second-order valence-corrected chi connectivity index (χ2v) is 18.0. The zero-order valence-corrected chi connectivity index (χ0v) is 40.4. The first kappa shape index (κ1) is 45.8. The third-order valence-electron chi connectivity index (χ3n) is 12.2. The summed E-state index contributed by atoms with van der Waals surface area (Å²) in [5.74, 6) is 0.853. The molecule has 0 fully saturated rings. The van der Waals surface area contributed by atoms with Gasteiger partial charge in [-0.15, -0.1) is 0 Å². The lowest BCUT2D eigenvalue weighted by molar-refractivity contribution is 0.242. The van der Waals surface area contributed by atoms with E-state index in [2.05, 4.69) is 299 Å². The van der Waals surface area contributed by atoms with Crippen molar-refractivity contribution in [3.8, 4) is 5.75 Å². The first-order valence-electron chi connectivity index (χ1n) is 23.8. The van der Waals surface area contributed by atoms with Crippen molar-refractivity contribution in [2.24, 2.45) is 0 Å². The van der Waals surface area contributed by atoms with Crippen molar-refractivity contribution in [1.29, 1.82) is 0 Å². The lowest BCUT2D eigenvalue weighted by Crippen LogP contribution is -2.10. The van der Waals surface area contributed by atoms with Crippen LogP contribution in [0.25, 0.3) is 24.3 Å². The molecule has 340 valence electrons. The van der Waals surface area contributed by atoms with Gasteiger partial charge in [-0.1, -0.05) is 144 Å². The minimum atomic E-state index is 0.100. The van der Waals surface area contributed by atoms with E-state index in [1.807, 2.05) is 0 Å². The number of hydrogen-bond donors (Lipinski definition) is 0. The summed E-state index contributed by atoms with van der Waals surface area (Å²) in [4.78, 5) is 6.90. The fourth-order valence-corrected chi connectivity index (χ4v) is 8.39. The standard InChI is InChI=1S/C65H59N3O/c1-47(2)69-65-45-43-64(44-46-65)68(62-39-23-54(24-40-62)17-15-52-19-35-60(36-20-52)66(56-27-7-48(3)8-28-56)57-29-9-49(4)10-30-57)63-41-25-55(26-42-63)18-16-53-21-37-61(38-22-53)67(58-31-11-50(5)12-32-58)59-33-13-51(6)14-34-59/h7-47H,1-6H3/b17-15+,18-16+. The highest BCUT2D eigenvalue weighted by Crippen LogP contribution is 2.39. The SMILES string of the molecule is Cc1ccc(N(c2ccc(C)cc2)c2ccc(/C=C/c3ccc(N(c4ccc(/C=C/c5ccc(N(c6ccc(C)cc6)c6ccc(C)cc6)cc5)cc4)c4ccc(OC(C)C)cc4)cc3)cc2)cc1. The molecular formula is C65H59N3O. The molecule has 0 saturated heterocycles. The van der Waals surface area contributed by atoms with E-state index < -0.39 is 0 Å². The van der Waals surface area contributed by atoms with Gasteiger partial charge in [0.2, 0.25) is 0 Å². The van der Waals surface area contributed by atoms with Gasteiger partial charge in [-0.3, -0.25) is 0 Å². The normalized spacial score (nSPS) is 11.3. The highest BCUT2D eigenvalue weighted by Gasteiger charge is 2.16. The van der Waals surface area contributed by atoms with E-state index in [1.165, 1.54) is 22.3 Å². The van der Waals surface area contributed by atoms with Gasteiger partial charge in [0.25, 0.3) is 0 Å². The van der Waals surface area contributed by atoms with Gasteiger partial charge in [0.05, 0.1) is 6.10 Å². The van der Waals surface area contributed by atoms with Gasteiger partial charge < -0.3 is 19.4 Å². The predicted octanol–water partition coefficient (Wildman–Crippen LogP) is 18.5. The lowest BCUT2D eigenvalue weighted by Gasteiger charge is -2.26. The molecule has 4 heteroatoms. The molecule has 0 heterocycles. The minimum absolute atomic E-state index is 0.100. The van der Waals surface area contributed by atoms with Crippen LogP contribution in [0.2, 0.25) is 0 Å². The van der Waals surface area contributed by atoms with Crippen LogP contribution in [-0.2, 0) is 0 Å². The summed E-state index contributed by atoms with van der Waals surface area (Å²) in [6.45, 7) is 12.6. The average molecular weight is 898 g/mol. The third-order valence-corrected chi connectivity index (χ3v) is 12.2. The molecule has 0 radical (unpaired) electrons. The van der Waals surface area contributed by atoms with Crippen LogP contribution < -0.4 is 19.4 Å². The summed E-state index contributed by atoms with van der Waals surface area (Å²) in [6.07, 6.45) is 8.81. The smallest absolute Gasteiger partial charge is 0.119 e. The van der Waals surface area contributed by atoms with Crippen LogP contribution in [0, 0.1) is 27.7 Å². The molecule has 0 spiro atoms. The summed E-state index contributed by atoms with van der Waals surface area (Å²) < 4.78 is 6.01. The number of ether oxygens (including phenoxy) is 1. The van der Waals surface area contributed by atoms with E-state index in [-0.39, 0.29) is 6.10 Å². The lowest BCUT2D eigenvalue weighted by atomic mass is 10.1. The van der Waals surface area contributed by atoms with Crippen LogP contribution >= 0.6 is 0 Å². The molecule has 0 atom stereocenters. The summed E-state index contributed by atoms with van der Waals surface area (Å²) in [5, 5.41) is 0. The van der Waals surface area contributed by atoms with Crippen LogP contribution in [0.3, 0.4) is 0 Å². The molecule has 0 aliphatic rings. The zero-order chi connectivity index (χ0) is 47.7. The molecule has 0 aliphatic carbocycles. The van der Waals surface area contributed by atoms with Crippen LogP contribution in [0.15, 0.2) is 218 Å². The van der Waals surface area contributed by atoms with E-state index in [4.69, 9.17) is 4.74 Å². The topological polar surface area (TPSA) is 19.0 Å². The monoisotopic (exact) mass is 897 g/mol. The second kappa shape index (κ2) is 21.1. The van der Waals surface area contributed by atoms with Crippen molar-refractivity contribution in [2.45, 2.75) is 47.6 Å². The zero-order valence-electron chi connectivity index (χ0n) is 40.4. The Morgan fingerprint density at radius 1 is 0.261 bits per heavy atom. The Kier molecular flexibility index (Phi) is 14.0. The minimum Gasteiger partial charge on any atom is -0.491 e. The van der Waals surface area contributed by atoms with Gasteiger partial charge in [-0.2, -0.15) is 0 Å². The molecule has 0 amide bonds. The molecule has 0 N–H and O–H groups in total. The maximum Gasteiger partial charge on any atom is 0.119 e.